The second-order valence-corrected chi connectivity index (χ2v) is 4.05. The van der Waals surface area contributed by atoms with Crippen LogP contribution in [0.25, 0.3) is 0 Å². The number of urea groups is 1. The minimum Gasteiger partial charge on any atom is -0.376 e. The highest BCUT2D eigenvalue weighted by Gasteiger charge is 2.16. The fourth-order valence-corrected chi connectivity index (χ4v) is 1.79. The van der Waals surface area contributed by atoms with Crippen LogP contribution in [0.15, 0.2) is 12.4 Å². The van der Waals surface area contributed by atoms with Crippen LogP contribution in [0.2, 0.25) is 0 Å². The number of aryl methyl sites for hydroxylation is 1. The number of hydrogen-bond donors (Lipinski definition) is 2. The van der Waals surface area contributed by atoms with E-state index in [4.69, 9.17) is 4.74 Å². The molecular weight excluding hydrogens is 220 g/mol. The van der Waals surface area contributed by atoms with Gasteiger partial charge in [-0.1, -0.05) is 0 Å². The topological polar surface area (TPSA) is 68.2 Å². The second kappa shape index (κ2) is 5.67. The molecule has 1 aromatic heterocycles. The number of rotatable bonds is 4. The molecule has 6 nitrogen and oxygen atoms in total. The van der Waals surface area contributed by atoms with E-state index in [1.807, 2.05) is 6.92 Å². The van der Waals surface area contributed by atoms with Gasteiger partial charge in [-0.3, -0.25) is 4.68 Å². The number of anilines is 1. The third-order valence-corrected chi connectivity index (χ3v) is 2.73. The molecule has 1 atom stereocenters. The highest BCUT2D eigenvalue weighted by atomic mass is 16.5. The molecule has 1 aromatic rings. The van der Waals surface area contributed by atoms with E-state index < -0.39 is 0 Å². The van der Waals surface area contributed by atoms with Gasteiger partial charge in [-0.2, -0.15) is 5.10 Å². The second-order valence-electron chi connectivity index (χ2n) is 4.05. The zero-order chi connectivity index (χ0) is 12.1. The maximum Gasteiger partial charge on any atom is 0.319 e. The molecule has 17 heavy (non-hydrogen) atoms. The fraction of sp³-hybridized carbons (Fsp3) is 0.636. The van der Waals surface area contributed by atoms with E-state index in [1.54, 1.807) is 17.1 Å². The summed E-state index contributed by atoms with van der Waals surface area (Å²) in [5.74, 6) is 0. The first-order chi connectivity index (χ1) is 8.28. The molecule has 0 spiro atoms. The molecule has 2 amide bonds. The van der Waals surface area contributed by atoms with Crippen molar-refractivity contribution in [1.82, 2.24) is 15.1 Å². The molecule has 6 heteroatoms. The number of nitrogens with zero attached hydrogens (tertiary/aromatic N) is 2. The van der Waals surface area contributed by atoms with Crippen molar-refractivity contribution in [2.24, 2.45) is 0 Å². The van der Waals surface area contributed by atoms with E-state index in [0.29, 0.717) is 12.2 Å². The van der Waals surface area contributed by atoms with Crippen molar-refractivity contribution in [2.45, 2.75) is 32.4 Å². The first-order valence-electron chi connectivity index (χ1n) is 5.97. The van der Waals surface area contributed by atoms with E-state index in [1.165, 1.54) is 0 Å². The Morgan fingerprint density at radius 2 is 2.59 bits per heavy atom. The average molecular weight is 238 g/mol. The molecule has 0 radical (unpaired) electrons. The molecule has 0 saturated carbocycles. The van der Waals surface area contributed by atoms with Crippen LogP contribution < -0.4 is 10.6 Å². The smallest absolute Gasteiger partial charge is 0.319 e. The van der Waals surface area contributed by atoms with Crippen molar-refractivity contribution in [2.75, 3.05) is 18.5 Å². The van der Waals surface area contributed by atoms with Gasteiger partial charge in [0.05, 0.1) is 18.0 Å². The average Bonchev–Trinajstić information content (AvgIpc) is 2.97. The largest absolute Gasteiger partial charge is 0.376 e. The molecule has 0 unspecified atom stereocenters. The lowest BCUT2D eigenvalue weighted by Crippen LogP contribution is -2.34. The predicted molar refractivity (Wildman–Crippen MR) is 63.9 cm³/mol. The third-order valence-electron chi connectivity index (χ3n) is 2.73. The van der Waals surface area contributed by atoms with Gasteiger partial charge in [0.15, 0.2) is 0 Å². The molecular formula is C11H18N4O2. The summed E-state index contributed by atoms with van der Waals surface area (Å²) >= 11 is 0. The Kier molecular flexibility index (Phi) is 3.98. The first kappa shape index (κ1) is 11.9. The maximum atomic E-state index is 11.6. The van der Waals surface area contributed by atoms with Gasteiger partial charge < -0.3 is 15.4 Å². The number of ether oxygens (including phenoxy) is 1. The van der Waals surface area contributed by atoms with E-state index in [9.17, 15) is 4.79 Å². The van der Waals surface area contributed by atoms with Crippen LogP contribution in [0, 0.1) is 0 Å². The van der Waals surface area contributed by atoms with Crippen LogP contribution in [0.5, 0.6) is 0 Å². The predicted octanol–water partition coefficient (Wildman–Crippen LogP) is 1.20. The first-order valence-corrected chi connectivity index (χ1v) is 5.97. The number of carbonyl (C=O) groups is 1. The quantitative estimate of drug-likeness (QED) is 0.828. The lowest BCUT2D eigenvalue weighted by Gasteiger charge is -2.10. The van der Waals surface area contributed by atoms with E-state index in [2.05, 4.69) is 15.7 Å². The molecule has 0 aromatic carbocycles. The van der Waals surface area contributed by atoms with E-state index in [0.717, 1.165) is 26.0 Å². The minimum atomic E-state index is -0.212. The van der Waals surface area contributed by atoms with Crippen molar-refractivity contribution in [3.05, 3.63) is 12.4 Å². The number of nitrogens with one attached hydrogen (secondary N) is 2. The molecule has 2 rings (SSSR count). The molecule has 2 heterocycles. The molecule has 1 fully saturated rings. The SMILES string of the molecule is CCn1cc(NC(=O)NC[C@@H]2CCCO2)cn1. The number of amides is 2. The van der Waals surface area contributed by atoms with Gasteiger partial charge >= 0.3 is 6.03 Å². The maximum absolute atomic E-state index is 11.6. The van der Waals surface area contributed by atoms with Crippen molar-refractivity contribution in [3.8, 4) is 0 Å². The van der Waals surface area contributed by atoms with Gasteiger partial charge in [0, 0.05) is 25.9 Å². The van der Waals surface area contributed by atoms with Crippen LogP contribution in [0.4, 0.5) is 10.5 Å². The Balaban J connectivity index is 1.72. The Bertz CT molecular complexity index is 371. The monoisotopic (exact) mass is 238 g/mol. The molecule has 2 N–H and O–H groups in total. The Morgan fingerprint density at radius 3 is 3.24 bits per heavy atom. The lowest BCUT2D eigenvalue weighted by molar-refractivity contribution is 0.112. The highest BCUT2D eigenvalue weighted by Crippen LogP contribution is 2.10. The Morgan fingerprint density at radius 1 is 1.71 bits per heavy atom. The molecule has 0 aliphatic carbocycles. The van der Waals surface area contributed by atoms with Crippen LogP contribution in [-0.4, -0.2) is 35.1 Å². The molecule has 1 saturated heterocycles. The summed E-state index contributed by atoms with van der Waals surface area (Å²) in [7, 11) is 0. The van der Waals surface area contributed by atoms with Crippen LogP contribution in [-0.2, 0) is 11.3 Å². The summed E-state index contributed by atoms with van der Waals surface area (Å²) in [5.41, 5.74) is 0.705. The van der Waals surface area contributed by atoms with Crippen molar-refractivity contribution in [1.29, 1.82) is 0 Å². The molecule has 94 valence electrons. The molecule has 1 aliphatic rings. The fourth-order valence-electron chi connectivity index (χ4n) is 1.79. The van der Waals surface area contributed by atoms with Gasteiger partial charge in [0.2, 0.25) is 0 Å². The van der Waals surface area contributed by atoms with Crippen molar-refractivity contribution < 1.29 is 9.53 Å². The van der Waals surface area contributed by atoms with Gasteiger partial charge in [-0.05, 0) is 19.8 Å². The number of aromatic nitrogens is 2. The van der Waals surface area contributed by atoms with Gasteiger partial charge in [0.1, 0.15) is 0 Å². The van der Waals surface area contributed by atoms with E-state index >= 15 is 0 Å². The Labute approximate surface area is 100 Å². The Hall–Kier alpha value is -1.56. The van der Waals surface area contributed by atoms with E-state index in [-0.39, 0.29) is 12.1 Å². The van der Waals surface area contributed by atoms with Gasteiger partial charge in [-0.25, -0.2) is 4.79 Å². The number of hydrogen-bond acceptors (Lipinski definition) is 3. The number of carbonyl (C=O) groups excluding carboxylic acids is 1. The highest BCUT2D eigenvalue weighted by molar-refractivity contribution is 5.88. The van der Waals surface area contributed by atoms with Gasteiger partial charge in [-0.15, -0.1) is 0 Å². The zero-order valence-electron chi connectivity index (χ0n) is 9.98. The lowest BCUT2D eigenvalue weighted by atomic mass is 10.2. The van der Waals surface area contributed by atoms with Crippen LogP contribution in [0.3, 0.4) is 0 Å². The van der Waals surface area contributed by atoms with Gasteiger partial charge in [0.25, 0.3) is 0 Å². The summed E-state index contributed by atoms with van der Waals surface area (Å²) < 4.78 is 7.18. The molecule has 1 aliphatic heterocycles. The summed E-state index contributed by atoms with van der Waals surface area (Å²) in [6.07, 6.45) is 5.70. The summed E-state index contributed by atoms with van der Waals surface area (Å²) in [6, 6.07) is -0.212. The summed E-state index contributed by atoms with van der Waals surface area (Å²) in [4.78, 5) is 11.6. The molecule has 0 bridgehead atoms. The van der Waals surface area contributed by atoms with Crippen LogP contribution >= 0.6 is 0 Å². The summed E-state index contributed by atoms with van der Waals surface area (Å²) in [6.45, 7) is 4.15. The minimum absolute atomic E-state index is 0.166. The van der Waals surface area contributed by atoms with Crippen molar-refractivity contribution >= 4 is 11.7 Å². The summed E-state index contributed by atoms with van der Waals surface area (Å²) in [5, 5.41) is 9.59. The zero-order valence-corrected chi connectivity index (χ0v) is 9.98. The standard InChI is InChI=1S/C11H18N4O2/c1-2-15-8-9(6-13-15)14-11(16)12-7-10-4-3-5-17-10/h6,8,10H,2-5,7H2,1H3,(H2,12,14,16)/t10-/m0/s1. The normalized spacial score (nSPS) is 19.2. The van der Waals surface area contributed by atoms with Crippen molar-refractivity contribution in [3.63, 3.8) is 0 Å². The third kappa shape index (κ3) is 3.45. The van der Waals surface area contributed by atoms with Crippen LogP contribution in [0.1, 0.15) is 19.8 Å².